The average molecular weight is 298 g/mol. The van der Waals surface area contributed by atoms with Crippen molar-refractivity contribution in [1.82, 2.24) is 5.32 Å². The number of Topliss-reactive ketones (excluding diaryl/α,β-unsaturated/α-hetero) is 1. The molecular weight excluding hydrogens is 289 g/mol. The van der Waals surface area contributed by atoms with Crippen molar-refractivity contribution in [2.24, 2.45) is 0 Å². The van der Waals surface area contributed by atoms with Crippen molar-refractivity contribution in [2.45, 2.75) is 18.1 Å². The third-order valence-corrected chi connectivity index (χ3v) is 2.06. The molecule has 1 unspecified atom stereocenters. The first-order chi connectivity index (χ1) is 8.07. The van der Waals surface area contributed by atoms with Crippen LogP contribution in [0.1, 0.15) is 0 Å². The summed E-state index contributed by atoms with van der Waals surface area (Å²) in [5.74, 6) is -9.82. The van der Waals surface area contributed by atoms with Gasteiger partial charge in [-0.1, -0.05) is 0 Å². The molecule has 0 spiro atoms. The Kier molecular flexibility index (Phi) is 5.94. The Hall–Kier alpha value is -0.960. The number of halogens is 6. The Morgan fingerprint density at radius 2 is 1.78 bits per heavy atom. The first-order valence-electron chi connectivity index (χ1n) is 4.41. The monoisotopic (exact) mass is 297 g/mol. The lowest BCUT2D eigenvalue weighted by molar-refractivity contribution is -0.270. The number of carbonyl (C=O) groups excluding carboxylic acids is 2. The normalized spacial score (nSPS) is 14.2. The second kappa shape index (κ2) is 6.28. The van der Waals surface area contributed by atoms with E-state index >= 15 is 0 Å². The van der Waals surface area contributed by atoms with E-state index in [0.29, 0.717) is 0 Å². The van der Waals surface area contributed by atoms with E-state index in [-0.39, 0.29) is 0 Å². The fourth-order valence-electron chi connectivity index (χ4n) is 0.853. The standard InChI is InChI=1S/C8H9ClF5NO3/c1-18-3-4(5(16)2-9)15-6(17)7(10,11)8(12,13)14/h4H,2-3H2,1H3,(H,15,17). The van der Waals surface area contributed by atoms with E-state index in [0.717, 1.165) is 7.11 Å². The molecule has 0 radical (unpaired) electrons. The van der Waals surface area contributed by atoms with Gasteiger partial charge in [0.1, 0.15) is 6.04 Å². The van der Waals surface area contributed by atoms with Crippen LogP contribution in [0.15, 0.2) is 0 Å². The van der Waals surface area contributed by atoms with Gasteiger partial charge >= 0.3 is 18.0 Å². The number of methoxy groups -OCH3 is 1. The summed E-state index contributed by atoms with van der Waals surface area (Å²) in [5.41, 5.74) is 0. The van der Waals surface area contributed by atoms with E-state index in [1.807, 2.05) is 0 Å². The summed E-state index contributed by atoms with van der Waals surface area (Å²) in [6, 6.07) is -1.66. The highest BCUT2D eigenvalue weighted by Gasteiger charge is 2.63. The number of alkyl halides is 6. The van der Waals surface area contributed by atoms with E-state index in [4.69, 9.17) is 11.6 Å². The van der Waals surface area contributed by atoms with E-state index in [2.05, 4.69) is 4.74 Å². The smallest absolute Gasteiger partial charge is 0.382 e. The summed E-state index contributed by atoms with van der Waals surface area (Å²) in [7, 11) is 1.07. The maximum absolute atomic E-state index is 12.6. The second-order valence-electron chi connectivity index (χ2n) is 3.15. The Labute approximate surface area is 103 Å². The molecule has 0 aromatic rings. The highest BCUT2D eigenvalue weighted by atomic mass is 35.5. The van der Waals surface area contributed by atoms with Gasteiger partial charge in [-0.15, -0.1) is 11.6 Å². The van der Waals surface area contributed by atoms with Gasteiger partial charge in [0.2, 0.25) is 0 Å². The van der Waals surface area contributed by atoms with Crippen molar-refractivity contribution in [2.75, 3.05) is 19.6 Å². The van der Waals surface area contributed by atoms with Crippen molar-refractivity contribution in [1.29, 1.82) is 0 Å². The maximum Gasteiger partial charge on any atom is 0.463 e. The molecule has 1 N–H and O–H groups in total. The van der Waals surface area contributed by atoms with Gasteiger partial charge in [-0.05, 0) is 0 Å². The van der Waals surface area contributed by atoms with Gasteiger partial charge in [-0.25, -0.2) is 0 Å². The lowest BCUT2D eigenvalue weighted by Gasteiger charge is -2.22. The molecule has 10 heteroatoms. The molecule has 0 aliphatic rings. The summed E-state index contributed by atoms with van der Waals surface area (Å²) < 4.78 is 65.1. The summed E-state index contributed by atoms with van der Waals surface area (Å²) in [5, 5.41) is 1.25. The van der Waals surface area contributed by atoms with Gasteiger partial charge < -0.3 is 10.1 Å². The minimum atomic E-state index is -6.04. The Morgan fingerprint density at radius 1 is 1.28 bits per heavy atom. The van der Waals surface area contributed by atoms with E-state index in [9.17, 15) is 31.5 Å². The van der Waals surface area contributed by atoms with E-state index < -0.39 is 42.3 Å². The molecule has 106 valence electrons. The van der Waals surface area contributed by atoms with Crippen LogP contribution in [0.2, 0.25) is 0 Å². The van der Waals surface area contributed by atoms with Crippen LogP contribution in [0.25, 0.3) is 0 Å². The summed E-state index contributed by atoms with van der Waals surface area (Å²) in [6.07, 6.45) is -6.04. The molecule has 0 saturated heterocycles. The number of nitrogens with one attached hydrogen (secondary N) is 1. The second-order valence-corrected chi connectivity index (χ2v) is 3.42. The Bertz CT molecular complexity index is 320. The summed E-state index contributed by atoms with van der Waals surface area (Å²) >= 11 is 5.10. The number of amides is 1. The maximum atomic E-state index is 12.6. The fraction of sp³-hybridized carbons (Fsp3) is 0.750. The zero-order chi connectivity index (χ0) is 14.6. The van der Waals surface area contributed by atoms with Crippen LogP contribution >= 0.6 is 11.6 Å². The van der Waals surface area contributed by atoms with Crippen LogP contribution in [0.3, 0.4) is 0 Å². The van der Waals surface area contributed by atoms with Gasteiger partial charge in [-0.2, -0.15) is 22.0 Å². The molecule has 0 aromatic heterocycles. The molecule has 18 heavy (non-hydrogen) atoms. The van der Waals surface area contributed by atoms with Crippen LogP contribution in [-0.4, -0.2) is 49.4 Å². The number of hydrogen-bond donors (Lipinski definition) is 1. The highest BCUT2D eigenvalue weighted by Crippen LogP contribution is 2.35. The zero-order valence-electron chi connectivity index (χ0n) is 8.98. The first kappa shape index (κ1) is 17.0. The molecule has 0 saturated carbocycles. The van der Waals surface area contributed by atoms with Gasteiger partial charge in [0.15, 0.2) is 5.78 Å². The minimum Gasteiger partial charge on any atom is -0.382 e. The Balaban J connectivity index is 4.85. The third-order valence-electron chi connectivity index (χ3n) is 1.80. The molecule has 1 atom stereocenters. The Morgan fingerprint density at radius 3 is 2.11 bits per heavy atom. The van der Waals surface area contributed by atoms with Crippen molar-refractivity contribution in [3.8, 4) is 0 Å². The predicted molar refractivity (Wildman–Crippen MR) is 50.5 cm³/mol. The SMILES string of the molecule is COCC(NC(=O)C(F)(F)C(F)(F)F)C(=O)CCl. The van der Waals surface area contributed by atoms with Crippen molar-refractivity contribution in [3.05, 3.63) is 0 Å². The molecule has 4 nitrogen and oxygen atoms in total. The molecule has 0 rings (SSSR count). The van der Waals surface area contributed by atoms with Crippen molar-refractivity contribution in [3.63, 3.8) is 0 Å². The number of hydrogen-bond acceptors (Lipinski definition) is 3. The van der Waals surface area contributed by atoms with Crippen molar-refractivity contribution < 1.29 is 36.3 Å². The average Bonchev–Trinajstić information content (AvgIpc) is 2.25. The molecule has 0 aromatic carbocycles. The van der Waals surface area contributed by atoms with Gasteiger partial charge in [0.05, 0.1) is 12.5 Å². The number of ketones is 1. The van der Waals surface area contributed by atoms with Crippen molar-refractivity contribution >= 4 is 23.3 Å². The fourth-order valence-corrected chi connectivity index (χ4v) is 1.04. The molecule has 1 amide bonds. The van der Waals surface area contributed by atoms with Crippen LogP contribution in [-0.2, 0) is 14.3 Å². The van der Waals surface area contributed by atoms with Gasteiger partial charge in [0, 0.05) is 7.11 Å². The molecule has 0 heterocycles. The molecule has 0 fully saturated rings. The van der Waals surface area contributed by atoms with E-state index in [1.165, 1.54) is 5.32 Å². The highest BCUT2D eigenvalue weighted by molar-refractivity contribution is 6.28. The predicted octanol–water partition coefficient (Wildman–Crippen LogP) is 1.12. The molecule has 0 bridgehead atoms. The lowest BCUT2D eigenvalue weighted by Crippen LogP contribution is -2.55. The number of ether oxygens (including phenoxy) is 1. The molecular formula is C8H9ClF5NO3. The lowest BCUT2D eigenvalue weighted by atomic mass is 10.2. The zero-order valence-corrected chi connectivity index (χ0v) is 9.74. The van der Waals surface area contributed by atoms with Crippen LogP contribution < -0.4 is 5.32 Å². The molecule has 0 aliphatic carbocycles. The van der Waals surface area contributed by atoms with Crippen LogP contribution in [0.4, 0.5) is 22.0 Å². The molecule has 0 aliphatic heterocycles. The van der Waals surface area contributed by atoms with Crippen LogP contribution in [0, 0.1) is 0 Å². The topological polar surface area (TPSA) is 55.4 Å². The first-order valence-corrected chi connectivity index (χ1v) is 4.94. The number of carbonyl (C=O) groups is 2. The summed E-state index contributed by atoms with van der Waals surface area (Å²) in [4.78, 5) is 21.8. The third kappa shape index (κ3) is 4.05. The quantitative estimate of drug-likeness (QED) is 0.590. The van der Waals surface area contributed by atoms with Gasteiger partial charge in [-0.3, -0.25) is 9.59 Å². The largest absolute Gasteiger partial charge is 0.463 e. The van der Waals surface area contributed by atoms with Gasteiger partial charge in [0.25, 0.3) is 0 Å². The minimum absolute atomic E-state index is 0.564. The van der Waals surface area contributed by atoms with Crippen LogP contribution in [0.5, 0.6) is 0 Å². The summed E-state index contributed by atoms with van der Waals surface area (Å²) in [6.45, 7) is -0.564. The van der Waals surface area contributed by atoms with E-state index in [1.54, 1.807) is 0 Å². The number of rotatable bonds is 6.